The summed E-state index contributed by atoms with van der Waals surface area (Å²) in [5.41, 5.74) is 0. The van der Waals surface area contributed by atoms with Crippen LogP contribution in [-0.4, -0.2) is 41.1 Å². The minimum atomic E-state index is -0.778. The Morgan fingerprint density at radius 3 is 2.96 bits per heavy atom. The molecule has 1 aromatic carbocycles. The van der Waals surface area contributed by atoms with E-state index in [4.69, 9.17) is 9.84 Å². The number of piperidine rings is 1. The highest BCUT2D eigenvalue weighted by atomic mass is 79.9. The molecule has 0 spiro atoms. The van der Waals surface area contributed by atoms with Crippen LogP contribution in [0.3, 0.4) is 0 Å². The zero-order chi connectivity index (χ0) is 16.8. The van der Waals surface area contributed by atoms with Gasteiger partial charge in [0.05, 0.1) is 0 Å². The molecule has 2 rings (SSSR count). The predicted molar refractivity (Wildman–Crippen MR) is 90.4 cm³/mol. The van der Waals surface area contributed by atoms with Crippen LogP contribution in [0.15, 0.2) is 28.7 Å². The van der Waals surface area contributed by atoms with E-state index in [9.17, 15) is 9.59 Å². The number of hydrogen-bond donors (Lipinski definition) is 1. The molecule has 0 aromatic heterocycles. The first-order valence-corrected chi connectivity index (χ1v) is 8.68. The number of halogens is 1. The number of nitrogens with zero attached hydrogens (tertiary/aromatic N) is 1. The molecule has 5 nitrogen and oxygen atoms in total. The van der Waals surface area contributed by atoms with Crippen molar-refractivity contribution < 1.29 is 19.4 Å². The largest absolute Gasteiger partial charge is 0.481 e. The lowest BCUT2D eigenvalue weighted by Gasteiger charge is -2.34. The van der Waals surface area contributed by atoms with E-state index in [1.807, 2.05) is 24.3 Å². The number of carboxylic acid groups (broad SMARTS) is 1. The molecule has 0 aliphatic carbocycles. The molecule has 0 bridgehead atoms. The maximum atomic E-state index is 12.5. The number of hydrogen-bond acceptors (Lipinski definition) is 3. The molecule has 1 aliphatic rings. The molecule has 1 aliphatic heterocycles. The van der Waals surface area contributed by atoms with E-state index in [-0.39, 0.29) is 18.2 Å². The van der Waals surface area contributed by atoms with E-state index in [0.717, 1.165) is 17.3 Å². The Kier molecular flexibility index (Phi) is 6.45. The average Bonchev–Trinajstić information content (AvgIpc) is 2.52. The monoisotopic (exact) mass is 383 g/mol. The second-order valence-corrected chi connectivity index (χ2v) is 6.86. The van der Waals surface area contributed by atoms with E-state index in [2.05, 4.69) is 15.9 Å². The zero-order valence-corrected chi connectivity index (χ0v) is 14.8. The van der Waals surface area contributed by atoms with E-state index < -0.39 is 12.1 Å². The summed E-state index contributed by atoms with van der Waals surface area (Å²) in [5, 5.41) is 8.79. The van der Waals surface area contributed by atoms with Gasteiger partial charge in [0.2, 0.25) is 0 Å². The van der Waals surface area contributed by atoms with Gasteiger partial charge in [-0.2, -0.15) is 0 Å². The van der Waals surface area contributed by atoms with Crippen LogP contribution >= 0.6 is 15.9 Å². The number of benzene rings is 1. The average molecular weight is 384 g/mol. The number of ether oxygens (including phenoxy) is 1. The van der Waals surface area contributed by atoms with Crippen LogP contribution in [0.25, 0.3) is 0 Å². The first kappa shape index (κ1) is 17.8. The predicted octanol–water partition coefficient (Wildman–Crippen LogP) is 3.32. The molecule has 1 fully saturated rings. The van der Waals surface area contributed by atoms with E-state index in [1.54, 1.807) is 11.8 Å². The minimum Gasteiger partial charge on any atom is -0.481 e. The molecule has 2 atom stereocenters. The van der Waals surface area contributed by atoms with Gasteiger partial charge in [-0.25, -0.2) is 0 Å². The summed E-state index contributed by atoms with van der Waals surface area (Å²) in [7, 11) is 0. The highest BCUT2D eigenvalue weighted by Gasteiger charge is 2.28. The van der Waals surface area contributed by atoms with Crippen molar-refractivity contribution in [2.75, 3.05) is 13.1 Å². The van der Waals surface area contributed by atoms with Crippen molar-refractivity contribution in [3.8, 4) is 5.75 Å². The number of aliphatic carboxylic acids is 1. The van der Waals surface area contributed by atoms with Crippen molar-refractivity contribution in [2.24, 2.45) is 5.92 Å². The standard InChI is InChI=1S/C17H22BrNO4/c1-12(23-15-6-2-5-14(18)10-15)17(22)19-9-3-4-13(11-19)7-8-16(20)21/h2,5-6,10,12-13H,3-4,7-9,11H2,1H3,(H,20,21). The number of amides is 1. The zero-order valence-electron chi connectivity index (χ0n) is 13.2. The van der Waals surface area contributed by atoms with Gasteiger partial charge in [0.25, 0.3) is 5.91 Å². The molecule has 2 unspecified atom stereocenters. The summed E-state index contributed by atoms with van der Waals surface area (Å²) in [5.74, 6) is 0.103. The van der Waals surface area contributed by atoms with Crippen molar-refractivity contribution in [3.63, 3.8) is 0 Å². The van der Waals surface area contributed by atoms with Crippen molar-refractivity contribution in [2.45, 2.75) is 38.7 Å². The summed E-state index contributed by atoms with van der Waals surface area (Å²) in [4.78, 5) is 25.0. The molecule has 0 saturated carbocycles. The molecule has 126 valence electrons. The lowest BCUT2D eigenvalue weighted by molar-refractivity contribution is -0.140. The Bertz CT molecular complexity index is 563. The molecule has 1 saturated heterocycles. The van der Waals surface area contributed by atoms with E-state index >= 15 is 0 Å². The lowest BCUT2D eigenvalue weighted by Crippen LogP contribution is -2.45. The van der Waals surface area contributed by atoms with Crippen LogP contribution in [0.2, 0.25) is 0 Å². The second-order valence-electron chi connectivity index (χ2n) is 5.94. The Labute approximate surface area is 144 Å². The third kappa shape index (κ3) is 5.53. The highest BCUT2D eigenvalue weighted by molar-refractivity contribution is 9.10. The van der Waals surface area contributed by atoms with Gasteiger partial charge in [-0.15, -0.1) is 0 Å². The van der Waals surface area contributed by atoms with Crippen LogP contribution in [0, 0.1) is 5.92 Å². The van der Waals surface area contributed by atoms with Gasteiger partial charge in [0, 0.05) is 24.0 Å². The number of rotatable bonds is 6. The maximum Gasteiger partial charge on any atom is 0.303 e. The highest BCUT2D eigenvalue weighted by Crippen LogP contribution is 2.23. The molecule has 1 N–H and O–H groups in total. The fourth-order valence-electron chi connectivity index (χ4n) is 2.88. The number of carbonyl (C=O) groups is 2. The molecule has 23 heavy (non-hydrogen) atoms. The Balaban J connectivity index is 1.89. The first-order valence-electron chi connectivity index (χ1n) is 7.88. The van der Waals surface area contributed by atoms with Crippen LogP contribution in [0.1, 0.15) is 32.6 Å². The van der Waals surface area contributed by atoms with Crippen molar-refractivity contribution in [1.29, 1.82) is 0 Å². The summed E-state index contributed by atoms with van der Waals surface area (Å²) in [6, 6.07) is 7.41. The fraction of sp³-hybridized carbons (Fsp3) is 0.529. The molecule has 1 amide bonds. The van der Waals surface area contributed by atoms with E-state index in [1.165, 1.54) is 0 Å². The SMILES string of the molecule is CC(Oc1cccc(Br)c1)C(=O)N1CCCC(CCC(=O)O)C1. The lowest BCUT2D eigenvalue weighted by atomic mass is 9.93. The molecular weight excluding hydrogens is 362 g/mol. The topological polar surface area (TPSA) is 66.8 Å². The Morgan fingerprint density at radius 2 is 2.26 bits per heavy atom. The van der Waals surface area contributed by atoms with Gasteiger partial charge >= 0.3 is 5.97 Å². The molecular formula is C17H22BrNO4. The molecule has 1 aromatic rings. The number of carboxylic acids is 1. The summed E-state index contributed by atoms with van der Waals surface area (Å²) >= 11 is 3.38. The van der Waals surface area contributed by atoms with E-state index in [0.29, 0.717) is 25.3 Å². The normalized spacial score (nSPS) is 19.2. The van der Waals surface area contributed by atoms with Crippen LogP contribution in [0.5, 0.6) is 5.75 Å². The summed E-state index contributed by atoms with van der Waals surface area (Å²) in [6.45, 7) is 3.09. The summed E-state index contributed by atoms with van der Waals surface area (Å²) in [6.07, 6.45) is 2.14. The van der Waals surface area contributed by atoms with Crippen molar-refractivity contribution in [3.05, 3.63) is 28.7 Å². The van der Waals surface area contributed by atoms with Gasteiger partial charge in [-0.05, 0) is 50.3 Å². The van der Waals surface area contributed by atoms with Gasteiger partial charge in [-0.3, -0.25) is 9.59 Å². The van der Waals surface area contributed by atoms with Crippen molar-refractivity contribution >= 4 is 27.8 Å². The summed E-state index contributed by atoms with van der Waals surface area (Å²) < 4.78 is 6.63. The van der Waals surface area contributed by atoms with Crippen LogP contribution in [0.4, 0.5) is 0 Å². The minimum absolute atomic E-state index is 0.0370. The van der Waals surface area contributed by atoms with Gasteiger partial charge in [0.1, 0.15) is 5.75 Å². The molecule has 0 radical (unpaired) electrons. The number of carbonyl (C=O) groups excluding carboxylic acids is 1. The quantitative estimate of drug-likeness (QED) is 0.817. The van der Waals surface area contributed by atoms with Crippen LogP contribution < -0.4 is 4.74 Å². The van der Waals surface area contributed by atoms with Gasteiger partial charge in [-0.1, -0.05) is 22.0 Å². The first-order chi connectivity index (χ1) is 11.0. The number of likely N-dealkylation sites (tertiary alicyclic amines) is 1. The smallest absolute Gasteiger partial charge is 0.303 e. The van der Waals surface area contributed by atoms with Gasteiger partial charge < -0.3 is 14.7 Å². The third-order valence-corrected chi connectivity index (χ3v) is 4.55. The fourth-order valence-corrected chi connectivity index (χ4v) is 3.26. The third-order valence-electron chi connectivity index (χ3n) is 4.05. The maximum absolute atomic E-state index is 12.5. The van der Waals surface area contributed by atoms with Crippen LogP contribution in [-0.2, 0) is 9.59 Å². The Hall–Kier alpha value is -1.56. The molecule has 6 heteroatoms. The Morgan fingerprint density at radius 1 is 1.48 bits per heavy atom. The van der Waals surface area contributed by atoms with Crippen molar-refractivity contribution in [1.82, 2.24) is 4.90 Å². The van der Waals surface area contributed by atoms with Gasteiger partial charge in [0.15, 0.2) is 6.10 Å². The molecule has 1 heterocycles. The second kappa shape index (κ2) is 8.34.